The molecule has 0 radical (unpaired) electrons. The second-order valence-corrected chi connectivity index (χ2v) is 6.72. The standard InChI is InChI=1S/C18H35N3O2/c1-3-22-15-16-10-12-21(14-16)18(19-2)20-11-13-23-17-8-6-4-5-7-9-17/h16-17H,3-15H2,1-2H3,(H,19,20). The number of nitrogens with zero attached hydrogens (tertiary/aromatic N) is 2. The van der Waals surface area contributed by atoms with E-state index in [-0.39, 0.29) is 0 Å². The molecule has 23 heavy (non-hydrogen) atoms. The van der Waals surface area contributed by atoms with Crippen LogP contribution in [-0.4, -0.2) is 63.5 Å². The summed E-state index contributed by atoms with van der Waals surface area (Å²) in [5, 5.41) is 3.45. The van der Waals surface area contributed by atoms with Crippen LogP contribution in [-0.2, 0) is 9.47 Å². The predicted molar refractivity (Wildman–Crippen MR) is 95.0 cm³/mol. The van der Waals surface area contributed by atoms with Gasteiger partial charge in [0.05, 0.1) is 19.3 Å². The molecule has 2 aliphatic rings. The van der Waals surface area contributed by atoms with Gasteiger partial charge in [0, 0.05) is 39.2 Å². The zero-order valence-electron chi connectivity index (χ0n) is 15.1. The van der Waals surface area contributed by atoms with Crippen molar-refractivity contribution >= 4 is 5.96 Å². The van der Waals surface area contributed by atoms with Gasteiger partial charge in [0.1, 0.15) is 0 Å². The summed E-state index contributed by atoms with van der Waals surface area (Å²) < 4.78 is 11.6. The van der Waals surface area contributed by atoms with Gasteiger partial charge >= 0.3 is 0 Å². The van der Waals surface area contributed by atoms with Gasteiger partial charge in [-0.05, 0) is 26.2 Å². The van der Waals surface area contributed by atoms with Gasteiger partial charge in [-0.25, -0.2) is 0 Å². The molecular formula is C18H35N3O2. The summed E-state index contributed by atoms with van der Waals surface area (Å²) in [7, 11) is 1.87. The second kappa shape index (κ2) is 10.9. The Balaban J connectivity index is 1.61. The van der Waals surface area contributed by atoms with Crippen LogP contribution in [0, 0.1) is 5.92 Å². The lowest BCUT2D eigenvalue weighted by atomic mass is 10.1. The Morgan fingerprint density at radius 2 is 1.96 bits per heavy atom. The number of guanidine groups is 1. The fourth-order valence-electron chi connectivity index (χ4n) is 3.57. The van der Waals surface area contributed by atoms with Gasteiger partial charge in [0.25, 0.3) is 0 Å². The van der Waals surface area contributed by atoms with Gasteiger partial charge in [-0.3, -0.25) is 4.99 Å². The Morgan fingerprint density at radius 1 is 1.17 bits per heavy atom. The van der Waals surface area contributed by atoms with E-state index in [4.69, 9.17) is 9.47 Å². The first-order valence-electron chi connectivity index (χ1n) is 9.48. The number of rotatable bonds is 7. The molecule has 5 heteroatoms. The van der Waals surface area contributed by atoms with E-state index in [9.17, 15) is 0 Å². The minimum atomic E-state index is 0.476. The molecular weight excluding hydrogens is 290 g/mol. The molecule has 0 aromatic rings. The van der Waals surface area contributed by atoms with Crippen LogP contribution in [0.25, 0.3) is 0 Å². The molecule has 0 aromatic heterocycles. The molecule has 1 N–H and O–H groups in total. The Hall–Kier alpha value is -0.810. The average Bonchev–Trinajstić information content (AvgIpc) is 2.88. The highest BCUT2D eigenvalue weighted by atomic mass is 16.5. The van der Waals surface area contributed by atoms with Crippen LogP contribution >= 0.6 is 0 Å². The summed E-state index contributed by atoms with van der Waals surface area (Å²) >= 11 is 0. The third kappa shape index (κ3) is 6.68. The highest BCUT2D eigenvalue weighted by Gasteiger charge is 2.24. The molecule has 1 aliphatic carbocycles. The summed E-state index contributed by atoms with van der Waals surface area (Å²) in [4.78, 5) is 6.76. The number of ether oxygens (including phenoxy) is 2. The summed E-state index contributed by atoms with van der Waals surface area (Å²) in [6, 6.07) is 0. The van der Waals surface area contributed by atoms with E-state index < -0.39 is 0 Å². The smallest absolute Gasteiger partial charge is 0.193 e. The maximum atomic E-state index is 6.04. The zero-order valence-corrected chi connectivity index (χ0v) is 15.1. The SMILES string of the molecule is CCOCC1CCN(C(=NC)NCCOC2CCCCCC2)C1. The monoisotopic (exact) mass is 325 g/mol. The third-order valence-electron chi connectivity index (χ3n) is 4.90. The molecule has 1 unspecified atom stereocenters. The molecule has 2 rings (SSSR count). The number of aliphatic imine (C=N–C) groups is 1. The van der Waals surface area contributed by atoms with E-state index in [0.29, 0.717) is 12.0 Å². The number of hydrogen-bond acceptors (Lipinski definition) is 3. The van der Waals surface area contributed by atoms with Gasteiger partial charge in [0.2, 0.25) is 0 Å². The largest absolute Gasteiger partial charge is 0.381 e. The quantitative estimate of drug-likeness (QED) is 0.338. The summed E-state index contributed by atoms with van der Waals surface area (Å²) in [5.41, 5.74) is 0. The van der Waals surface area contributed by atoms with Crippen molar-refractivity contribution in [2.24, 2.45) is 10.9 Å². The Kier molecular flexibility index (Phi) is 8.76. The molecule has 2 fully saturated rings. The van der Waals surface area contributed by atoms with E-state index in [2.05, 4.69) is 22.1 Å². The Bertz CT molecular complexity index is 341. The minimum absolute atomic E-state index is 0.476. The lowest BCUT2D eigenvalue weighted by Gasteiger charge is -2.22. The maximum absolute atomic E-state index is 6.04. The number of nitrogens with one attached hydrogen (secondary N) is 1. The van der Waals surface area contributed by atoms with Crippen LogP contribution in [0.2, 0.25) is 0 Å². The van der Waals surface area contributed by atoms with Crippen LogP contribution in [0.3, 0.4) is 0 Å². The van der Waals surface area contributed by atoms with Crippen molar-refractivity contribution in [3.63, 3.8) is 0 Å². The molecule has 134 valence electrons. The average molecular weight is 325 g/mol. The van der Waals surface area contributed by atoms with Crippen molar-refractivity contribution in [2.45, 2.75) is 58.0 Å². The first-order valence-corrected chi connectivity index (χ1v) is 9.48. The normalized spacial score (nSPS) is 24.0. The molecule has 1 saturated heterocycles. The molecule has 0 aromatic carbocycles. The Morgan fingerprint density at radius 3 is 2.65 bits per heavy atom. The molecule has 0 bridgehead atoms. The van der Waals surface area contributed by atoms with E-state index in [0.717, 1.165) is 45.4 Å². The van der Waals surface area contributed by atoms with Crippen molar-refractivity contribution in [2.75, 3.05) is 46.5 Å². The molecule has 0 amide bonds. The number of hydrogen-bond donors (Lipinski definition) is 1. The van der Waals surface area contributed by atoms with Gasteiger partial charge in [-0.1, -0.05) is 25.7 Å². The molecule has 1 heterocycles. The van der Waals surface area contributed by atoms with Crippen molar-refractivity contribution < 1.29 is 9.47 Å². The van der Waals surface area contributed by atoms with E-state index >= 15 is 0 Å². The van der Waals surface area contributed by atoms with E-state index in [1.807, 2.05) is 7.05 Å². The van der Waals surface area contributed by atoms with Gasteiger partial charge in [-0.2, -0.15) is 0 Å². The van der Waals surface area contributed by atoms with E-state index in [1.165, 1.54) is 44.9 Å². The molecule has 0 spiro atoms. The minimum Gasteiger partial charge on any atom is -0.381 e. The molecule has 1 atom stereocenters. The van der Waals surface area contributed by atoms with Crippen molar-refractivity contribution in [3.8, 4) is 0 Å². The fraction of sp³-hybridized carbons (Fsp3) is 0.944. The van der Waals surface area contributed by atoms with Crippen molar-refractivity contribution in [1.29, 1.82) is 0 Å². The van der Waals surface area contributed by atoms with Gasteiger partial charge in [0.15, 0.2) is 5.96 Å². The van der Waals surface area contributed by atoms with Crippen LogP contribution in [0.5, 0.6) is 0 Å². The third-order valence-corrected chi connectivity index (χ3v) is 4.90. The van der Waals surface area contributed by atoms with Crippen LogP contribution in [0.15, 0.2) is 4.99 Å². The van der Waals surface area contributed by atoms with Crippen LogP contribution in [0.4, 0.5) is 0 Å². The lowest BCUT2D eigenvalue weighted by molar-refractivity contribution is 0.0466. The lowest BCUT2D eigenvalue weighted by Crippen LogP contribution is -2.41. The van der Waals surface area contributed by atoms with Crippen molar-refractivity contribution in [3.05, 3.63) is 0 Å². The first kappa shape index (κ1) is 18.5. The van der Waals surface area contributed by atoms with Crippen LogP contribution < -0.4 is 5.32 Å². The van der Waals surface area contributed by atoms with Crippen LogP contribution in [0.1, 0.15) is 51.9 Å². The predicted octanol–water partition coefficient (Wildman–Crippen LogP) is 2.66. The van der Waals surface area contributed by atoms with E-state index in [1.54, 1.807) is 0 Å². The number of likely N-dealkylation sites (tertiary alicyclic amines) is 1. The zero-order chi connectivity index (χ0) is 16.3. The summed E-state index contributed by atoms with van der Waals surface area (Å²) in [6.07, 6.45) is 9.55. The second-order valence-electron chi connectivity index (χ2n) is 6.72. The fourth-order valence-corrected chi connectivity index (χ4v) is 3.57. The highest BCUT2D eigenvalue weighted by Crippen LogP contribution is 2.19. The topological polar surface area (TPSA) is 46.1 Å². The maximum Gasteiger partial charge on any atom is 0.193 e. The van der Waals surface area contributed by atoms with Crippen molar-refractivity contribution in [1.82, 2.24) is 10.2 Å². The van der Waals surface area contributed by atoms with Gasteiger partial charge in [-0.15, -0.1) is 0 Å². The summed E-state index contributed by atoms with van der Waals surface area (Å²) in [6.45, 7) is 7.47. The molecule has 5 nitrogen and oxygen atoms in total. The van der Waals surface area contributed by atoms with Gasteiger partial charge < -0.3 is 19.7 Å². The Labute approximate surface area is 141 Å². The highest BCUT2D eigenvalue weighted by molar-refractivity contribution is 5.80. The first-order chi connectivity index (χ1) is 11.3. The molecule has 1 saturated carbocycles. The molecule has 1 aliphatic heterocycles. The summed E-state index contributed by atoms with van der Waals surface area (Å²) in [5.74, 6) is 1.64.